The summed E-state index contributed by atoms with van der Waals surface area (Å²) >= 11 is 19.3. The summed E-state index contributed by atoms with van der Waals surface area (Å²) in [7, 11) is -4.21. The number of carbonyl (C=O) groups is 2. The van der Waals surface area contributed by atoms with E-state index < -0.39 is 28.5 Å². The van der Waals surface area contributed by atoms with Crippen LogP contribution in [0.1, 0.15) is 49.8 Å². The van der Waals surface area contributed by atoms with Gasteiger partial charge in [0.2, 0.25) is 11.8 Å². The molecule has 3 aromatic rings. The van der Waals surface area contributed by atoms with E-state index in [9.17, 15) is 18.0 Å². The lowest BCUT2D eigenvalue weighted by molar-refractivity contribution is -0.140. The van der Waals surface area contributed by atoms with Gasteiger partial charge in [-0.1, -0.05) is 84.9 Å². The highest BCUT2D eigenvalue weighted by Gasteiger charge is 2.34. The predicted molar refractivity (Wildman–Crippen MR) is 171 cm³/mol. The van der Waals surface area contributed by atoms with Crippen LogP contribution in [0, 0.1) is 13.8 Å². The smallest absolute Gasteiger partial charge is 0.264 e. The van der Waals surface area contributed by atoms with Crippen LogP contribution in [0.2, 0.25) is 15.1 Å². The fraction of sp³-hybridized carbons (Fsp3) is 0.355. The van der Waals surface area contributed by atoms with E-state index in [0.29, 0.717) is 27.2 Å². The van der Waals surface area contributed by atoms with Crippen molar-refractivity contribution >= 4 is 62.3 Å². The summed E-state index contributed by atoms with van der Waals surface area (Å²) in [6.45, 7) is 7.23. The molecule has 0 fully saturated rings. The van der Waals surface area contributed by atoms with E-state index in [1.807, 2.05) is 13.8 Å². The average molecular weight is 653 g/mol. The van der Waals surface area contributed by atoms with Crippen molar-refractivity contribution < 1.29 is 18.0 Å². The normalized spacial score (nSPS) is 12.1. The summed E-state index contributed by atoms with van der Waals surface area (Å²) in [4.78, 5) is 28.9. The van der Waals surface area contributed by atoms with E-state index in [-0.39, 0.29) is 29.5 Å². The second kappa shape index (κ2) is 15.1. The molecule has 0 saturated carbocycles. The quantitative estimate of drug-likeness (QED) is 0.198. The summed E-state index contributed by atoms with van der Waals surface area (Å²) in [6.07, 6.45) is 1.95. The predicted octanol–water partition coefficient (Wildman–Crippen LogP) is 7.18. The molecule has 11 heteroatoms. The minimum absolute atomic E-state index is 0.0163. The molecule has 2 amide bonds. The number of halogens is 3. The van der Waals surface area contributed by atoms with Crippen molar-refractivity contribution in [2.75, 3.05) is 17.4 Å². The molecule has 3 rings (SSSR count). The van der Waals surface area contributed by atoms with Crippen LogP contribution in [0.4, 0.5) is 5.69 Å². The number of amides is 2. The van der Waals surface area contributed by atoms with Crippen LogP contribution in [0.25, 0.3) is 0 Å². The fourth-order valence-electron chi connectivity index (χ4n) is 4.38. The van der Waals surface area contributed by atoms with Gasteiger partial charge in [0, 0.05) is 33.7 Å². The van der Waals surface area contributed by atoms with Gasteiger partial charge in [-0.05, 0) is 68.7 Å². The highest BCUT2D eigenvalue weighted by Crippen LogP contribution is 2.30. The van der Waals surface area contributed by atoms with E-state index in [1.54, 1.807) is 56.3 Å². The van der Waals surface area contributed by atoms with Gasteiger partial charge in [-0.25, -0.2) is 8.42 Å². The standard InChI is InChI=1S/C31H36Cl3N3O4S/c1-5-7-17-35-31(39)29(6-2)36(19-25-26(32)9-8-10-27(25)33)30(38)20-37(23-14-13-22(4)28(34)18-23)42(40,41)24-15-11-21(3)12-16-24/h8-16,18,29H,5-7,17,19-20H2,1-4H3,(H,35,39)/t29-/m0/s1. The van der Waals surface area contributed by atoms with Gasteiger partial charge < -0.3 is 10.2 Å². The number of nitrogens with zero attached hydrogens (tertiary/aromatic N) is 2. The molecule has 0 saturated heterocycles. The third-order valence-corrected chi connectivity index (χ3v) is 9.84. The van der Waals surface area contributed by atoms with E-state index in [1.165, 1.54) is 23.1 Å². The van der Waals surface area contributed by atoms with Crippen LogP contribution in [-0.4, -0.2) is 44.3 Å². The lowest BCUT2D eigenvalue weighted by atomic mass is 10.1. The monoisotopic (exact) mass is 651 g/mol. The average Bonchev–Trinajstić information content (AvgIpc) is 2.95. The minimum atomic E-state index is -4.21. The van der Waals surface area contributed by atoms with Crippen molar-refractivity contribution in [2.24, 2.45) is 0 Å². The van der Waals surface area contributed by atoms with Crippen molar-refractivity contribution in [3.05, 3.63) is 92.4 Å². The zero-order valence-corrected chi connectivity index (χ0v) is 27.2. The van der Waals surface area contributed by atoms with Crippen LogP contribution >= 0.6 is 34.8 Å². The first-order valence-electron chi connectivity index (χ1n) is 13.8. The topological polar surface area (TPSA) is 86.8 Å². The first-order chi connectivity index (χ1) is 19.9. The Kier molecular flexibility index (Phi) is 12.1. The van der Waals surface area contributed by atoms with Crippen LogP contribution in [0.3, 0.4) is 0 Å². The Morgan fingerprint density at radius 1 is 0.905 bits per heavy atom. The lowest BCUT2D eigenvalue weighted by Gasteiger charge is -2.33. The number of benzene rings is 3. The number of carbonyl (C=O) groups excluding carboxylic acids is 2. The summed E-state index contributed by atoms with van der Waals surface area (Å²) in [5, 5.41) is 3.91. The minimum Gasteiger partial charge on any atom is -0.354 e. The molecule has 0 aromatic heterocycles. The molecule has 0 heterocycles. The molecule has 226 valence electrons. The Bertz CT molecular complexity index is 1490. The SMILES string of the molecule is CCCCNC(=O)[C@H](CC)N(Cc1c(Cl)cccc1Cl)C(=O)CN(c1ccc(C)c(Cl)c1)S(=O)(=O)c1ccc(C)cc1. The summed E-state index contributed by atoms with van der Waals surface area (Å²) < 4.78 is 29.0. The fourth-order valence-corrected chi connectivity index (χ4v) is 6.48. The maximum absolute atomic E-state index is 14.2. The zero-order chi connectivity index (χ0) is 31.0. The maximum atomic E-state index is 14.2. The Morgan fingerprint density at radius 3 is 2.12 bits per heavy atom. The molecule has 3 aromatic carbocycles. The molecule has 0 unspecified atom stereocenters. The van der Waals surface area contributed by atoms with E-state index in [4.69, 9.17) is 34.8 Å². The number of rotatable bonds is 13. The highest BCUT2D eigenvalue weighted by atomic mass is 35.5. The molecule has 0 aliphatic heterocycles. The third-order valence-electron chi connectivity index (χ3n) is 6.94. The molecule has 0 aliphatic rings. The number of aryl methyl sites for hydroxylation is 2. The number of sulfonamides is 1. The van der Waals surface area contributed by atoms with E-state index >= 15 is 0 Å². The van der Waals surface area contributed by atoms with Crippen molar-refractivity contribution in [1.82, 2.24) is 10.2 Å². The molecule has 1 atom stereocenters. The molecule has 7 nitrogen and oxygen atoms in total. The molecule has 0 spiro atoms. The first kappa shape index (κ1) is 33.7. The van der Waals surface area contributed by atoms with Crippen LogP contribution in [0.15, 0.2) is 65.6 Å². The molecular weight excluding hydrogens is 617 g/mol. The van der Waals surface area contributed by atoms with E-state index in [2.05, 4.69) is 5.32 Å². The Morgan fingerprint density at radius 2 is 1.55 bits per heavy atom. The van der Waals surface area contributed by atoms with Crippen molar-refractivity contribution in [1.29, 1.82) is 0 Å². The number of nitrogens with one attached hydrogen (secondary N) is 1. The Balaban J connectivity index is 2.10. The van der Waals surface area contributed by atoms with Gasteiger partial charge in [0.1, 0.15) is 12.6 Å². The van der Waals surface area contributed by atoms with Gasteiger partial charge in [0.05, 0.1) is 10.6 Å². The number of hydrogen-bond acceptors (Lipinski definition) is 4. The van der Waals surface area contributed by atoms with Crippen molar-refractivity contribution in [2.45, 2.75) is 64.4 Å². The second-order valence-corrected chi connectivity index (χ2v) is 13.1. The lowest BCUT2D eigenvalue weighted by Crippen LogP contribution is -2.52. The van der Waals surface area contributed by atoms with Crippen molar-refractivity contribution in [3.8, 4) is 0 Å². The van der Waals surface area contributed by atoms with Gasteiger partial charge in [0.15, 0.2) is 0 Å². The van der Waals surface area contributed by atoms with Crippen molar-refractivity contribution in [3.63, 3.8) is 0 Å². The molecule has 1 N–H and O–H groups in total. The highest BCUT2D eigenvalue weighted by molar-refractivity contribution is 7.92. The van der Waals surface area contributed by atoms with Gasteiger partial charge in [-0.2, -0.15) is 0 Å². The van der Waals surface area contributed by atoms with Gasteiger partial charge in [-0.3, -0.25) is 13.9 Å². The van der Waals surface area contributed by atoms with Crippen LogP contribution < -0.4 is 9.62 Å². The van der Waals surface area contributed by atoms with Gasteiger partial charge in [-0.15, -0.1) is 0 Å². The summed E-state index contributed by atoms with van der Waals surface area (Å²) in [6, 6.07) is 15.3. The molecule has 0 bridgehead atoms. The Hall–Kier alpha value is -2.78. The summed E-state index contributed by atoms with van der Waals surface area (Å²) in [5.41, 5.74) is 2.32. The number of unbranched alkanes of at least 4 members (excludes halogenated alkanes) is 1. The van der Waals surface area contributed by atoms with Crippen LogP contribution in [0.5, 0.6) is 0 Å². The zero-order valence-electron chi connectivity index (χ0n) is 24.2. The first-order valence-corrected chi connectivity index (χ1v) is 16.3. The number of anilines is 1. The molecule has 42 heavy (non-hydrogen) atoms. The third kappa shape index (κ3) is 8.19. The summed E-state index contributed by atoms with van der Waals surface area (Å²) in [5.74, 6) is -0.940. The number of hydrogen-bond donors (Lipinski definition) is 1. The van der Waals surface area contributed by atoms with Gasteiger partial charge >= 0.3 is 0 Å². The van der Waals surface area contributed by atoms with E-state index in [0.717, 1.165) is 28.3 Å². The Labute approximate surface area is 263 Å². The molecule has 0 radical (unpaired) electrons. The maximum Gasteiger partial charge on any atom is 0.264 e. The van der Waals surface area contributed by atoms with Gasteiger partial charge in [0.25, 0.3) is 10.0 Å². The second-order valence-electron chi connectivity index (χ2n) is 10.0. The molecular formula is C31H36Cl3N3O4S. The van der Waals surface area contributed by atoms with Crippen LogP contribution in [-0.2, 0) is 26.2 Å². The largest absolute Gasteiger partial charge is 0.354 e. The molecule has 0 aliphatic carbocycles.